The third kappa shape index (κ3) is 11.0. The Kier molecular flexibility index (Phi) is 15.0. The molecular weight excluding hydrogens is 569 g/mol. The molecule has 2 rings (SSSR count). The summed E-state index contributed by atoms with van der Waals surface area (Å²) in [5, 5.41) is 18.5. The maximum Gasteiger partial charge on any atom is 0.416 e. The number of esters is 2. The Hall–Kier alpha value is -4.21. The number of hydrogen-bond donors (Lipinski definition) is 4. The normalized spacial score (nSPS) is 15.1. The molecule has 12 nitrogen and oxygen atoms in total. The smallest absolute Gasteiger partial charge is 0.416 e. The lowest BCUT2D eigenvalue weighted by atomic mass is 9.78. The molecule has 0 fully saturated rings. The van der Waals surface area contributed by atoms with Crippen LogP contribution in [0.1, 0.15) is 30.9 Å². The van der Waals surface area contributed by atoms with Crippen LogP contribution in [0.3, 0.4) is 0 Å². The number of nitrogens with one attached hydrogen (secondary N) is 1. The van der Waals surface area contributed by atoms with E-state index < -0.39 is 41.5 Å². The summed E-state index contributed by atoms with van der Waals surface area (Å²) in [7, 11) is 1.11. The van der Waals surface area contributed by atoms with Crippen molar-refractivity contribution in [1.29, 1.82) is 0 Å². The SMILES string of the molecule is CCOC(=O)C1=C(COCCOCCN)NC(C)=C(C(=O)OC)[C@H]1c1ccccc1C(F)(F)F.O=C(O)C=CC(=O)O. The fraction of sp³-hybridized carbons (Fsp3) is 0.407. The van der Waals surface area contributed by atoms with E-state index in [0.717, 1.165) is 13.2 Å². The summed E-state index contributed by atoms with van der Waals surface area (Å²) in [6.07, 6.45) is -3.61. The van der Waals surface area contributed by atoms with E-state index in [0.29, 0.717) is 25.3 Å². The highest BCUT2D eigenvalue weighted by Crippen LogP contribution is 2.44. The number of nitrogens with two attached hydrogens (primary N) is 1. The zero-order chi connectivity index (χ0) is 31.9. The highest BCUT2D eigenvalue weighted by atomic mass is 19.4. The van der Waals surface area contributed by atoms with Gasteiger partial charge in [-0.15, -0.1) is 0 Å². The minimum atomic E-state index is -4.73. The fourth-order valence-corrected chi connectivity index (χ4v) is 3.78. The third-order valence-corrected chi connectivity index (χ3v) is 5.37. The topological polar surface area (TPSA) is 184 Å². The number of hydrogen-bond acceptors (Lipinski definition) is 10. The zero-order valence-electron chi connectivity index (χ0n) is 23.2. The van der Waals surface area contributed by atoms with E-state index in [2.05, 4.69) is 5.32 Å². The van der Waals surface area contributed by atoms with Gasteiger partial charge >= 0.3 is 30.1 Å². The first kappa shape index (κ1) is 35.8. The highest BCUT2D eigenvalue weighted by molar-refractivity contribution is 6.00. The van der Waals surface area contributed by atoms with Crippen LogP contribution in [0.25, 0.3) is 0 Å². The first-order valence-electron chi connectivity index (χ1n) is 12.4. The lowest BCUT2D eigenvalue weighted by Gasteiger charge is -2.32. The summed E-state index contributed by atoms with van der Waals surface area (Å²) in [4.78, 5) is 44.8. The van der Waals surface area contributed by atoms with Gasteiger partial charge in [-0.2, -0.15) is 13.2 Å². The van der Waals surface area contributed by atoms with E-state index >= 15 is 0 Å². The van der Waals surface area contributed by atoms with Crippen LogP contribution in [0.15, 0.2) is 59.0 Å². The van der Waals surface area contributed by atoms with Crippen molar-refractivity contribution in [3.05, 3.63) is 70.1 Å². The molecule has 1 aromatic rings. The lowest BCUT2D eigenvalue weighted by molar-refractivity contribution is -0.141. The van der Waals surface area contributed by atoms with Gasteiger partial charge in [0.2, 0.25) is 0 Å². The monoisotopic (exact) mass is 602 g/mol. The molecule has 1 aliphatic rings. The third-order valence-electron chi connectivity index (χ3n) is 5.37. The van der Waals surface area contributed by atoms with E-state index in [1.54, 1.807) is 6.92 Å². The molecule has 1 heterocycles. The molecule has 0 radical (unpaired) electrons. The van der Waals surface area contributed by atoms with Crippen LogP contribution in [0, 0.1) is 0 Å². The van der Waals surface area contributed by atoms with Crippen molar-refractivity contribution in [2.45, 2.75) is 25.9 Å². The molecule has 0 aromatic heterocycles. The summed E-state index contributed by atoms with van der Waals surface area (Å²) < 4.78 is 62.5. The van der Waals surface area contributed by atoms with Crippen LogP contribution in [0.2, 0.25) is 0 Å². The Bertz CT molecular complexity index is 1190. The van der Waals surface area contributed by atoms with Gasteiger partial charge in [0.25, 0.3) is 0 Å². The molecule has 0 saturated heterocycles. The largest absolute Gasteiger partial charge is 0.478 e. The van der Waals surface area contributed by atoms with Crippen molar-refractivity contribution in [3.8, 4) is 0 Å². The second kappa shape index (κ2) is 17.6. The zero-order valence-corrected chi connectivity index (χ0v) is 23.2. The fourth-order valence-electron chi connectivity index (χ4n) is 3.78. The van der Waals surface area contributed by atoms with Crippen LogP contribution in [0.5, 0.6) is 0 Å². The number of alkyl halides is 3. The van der Waals surface area contributed by atoms with Crippen LogP contribution in [0.4, 0.5) is 13.2 Å². The Labute approximate surface area is 239 Å². The number of rotatable bonds is 13. The number of ether oxygens (including phenoxy) is 4. The number of carboxylic acid groups (broad SMARTS) is 2. The molecule has 0 spiro atoms. The maximum atomic E-state index is 13.9. The minimum Gasteiger partial charge on any atom is -0.478 e. The van der Waals surface area contributed by atoms with Gasteiger partial charge in [0.15, 0.2) is 0 Å². The van der Waals surface area contributed by atoms with Crippen LogP contribution >= 0.6 is 0 Å². The summed E-state index contributed by atoms with van der Waals surface area (Å²) in [6, 6.07) is 4.77. The van der Waals surface area contributed by atoms with Gasteiger partial charge in [-0.3, -0.25) is 0 Å². The Morgan fingerprint density at radius 2 is 1.57 bits per heavy atom. The second-order valence-electron chi connectivity index (χ2n) is 8.25. The molecule has 0 amide bonds. The number of halogens is 3. The number of aliphatic carboxylic acids is 2. The molecule has 0 saturated carbocycles. The average molecular weight is 603 g/mol. The van der Waals surface area contributed by atoms with Gasteiger partial charge in [-0.25, -0.2) is 19.2 Å². The molecule has 42 heavy (non-hydrogen) atoms. The molecule has 15 heteroatoms. The highest BCUT2D eigenvalue weighted by Gasteiger charge is 2.43. The summed E-state index contributed by atoms with van der Waals surface area (Å²) in [5.41, 5.74) is 4.24. The standard InChI is InChI=1S/C23H29F3N2O6.C4H4O4/c1-4-34-22(30)20-17(13-33-12-11-32-10-9-27)28-14(2)18(21(29)31-3)19(20)15-7-5-6-8-16(15)23(24,25)26;5-3(6)1-2-4(7)8/h5-8,19,28H,4,9-13,27H2,1-3H3;1-2H,(H,5,6)(H,7,8)/t19-;/m1./s1. The van der Waals surface area contributed by atoms with E-state index in [-0.39, 0.29) is 54.5 Å². The molecule has 5 N–H and O–H groups in total. The maximum absolute atomic E-state index is 13.9. The molecule has 0 aliphatic carbocycles. The predicted molar refractivity (Wildman–Crippen MR) is 141 cm³/mol. The Morgan fingerprint density at radius 1 is 0.976 bits per heavy atom. The molecule has 1 aromatic carbocycles. The van der Waals surface area contributed by atoms with Crippen molar-refractivity contribution in [1.82, 2.24) is 5.32 Å². The van der Waals surface area contributed by atoms with Gasteiger partial charge in [-0.05, 0) is 25.5 Å². The molecule has 0 unspecified atom stereocenters. The van der Waals surface area contributed by atoms with Crippen molar-refractivity contribution >= 4 is 23.9 Å². The molecule has 1 atom stereocenters. The number of benzene rings is 1. The van der Waals surface area contributed by atoms with Crippen molar-refractivity contribution < 1.29 is 61.5 Å². The number of methoxy groups -OCH3 is 1. The molecule has 0 bridgehead atoms. The lowest BCUT2D eigenvalue weighted by Crippen LogP contribution is -2.35. The number of carbonyl (C=O) groups excluding carboxylic acids is 2. The molecule has 1 aliphatic heterocycles. The summed E-state index contributed by atoms with van der Waals surface area (Å²) in [6.45, 7) is 3.99. The van der Waals surface area contributed by atoms with Gasteiger partial charge < -0.3 is 40.2 Å². The van der Waals surface area contributed by atoms with Gasteiger partial charge in [0, 0.05) is 24.4 Å². The summed E-state index contributed by atoms with van der Waals surface area (Å²) in [5.74, 6) is -5.65. The molecule has 232 valence electrons. The van der Waals surface area contributed by atoms with Gasteiger partial charge in [0.1, 0.15) is 0 Å². The number of dihydropyridines is 1. The minimum absolute atomic E-state index is 0.0205. The number of carbonyl (C=O) groups is 4. The van der Waals surface area contributed by atoms with E-state index in [4.69, 9.17) is 34.9 Å². The first-order chi connectivity index (χ1) is 19.8. The quantitative estimate of drug-likeness (QED) is 0.147. The Balaban J connectivity index is 0.000000962. The van der Waals surface area contributed by atoms with Crippen molar-refractivity contribution in [2.24, 2.45) is 5.73 Å². The number of carboxylic acids is 2. The first-order valence-corrected chi connectivity index (χ1v) is 12.4. The predicted octanol–water partition coefficient (Wildman–Crippen LogP) is 2.36. The van der Waals surface area contributed by atoms with E-state index in [9.17, 15) is 32.3 Å². The van der Waals surface area contributed by atoms with E-state index in [1.807, 2.05) is 0 Å². The molecular formula is C27H33F3N2O10. The van der Waals surface area contributed by atoms with Gasteiger partial charge in [0.05, 0.1) is 68.5 Å². The Morgan fingerprint density at radius 3 is 2.10 bits per heavy atom. The van der Waals surface area contributed by atoms with Crippen LogP contribution in [-0.2, 0) is 44.3 Å². The average Bonchev–Trinajstić information content (AvgIpc) is 2.93. The van der Waals surface area contributed by atoms with Gasteiger partial charge in [-0.1, -0.05) is 18.2 Å². The van der Waals surface area contributed by atoms with E-state index in [1.165, 1.54) is 25.1 Å². The van der Waals surface area contributed by atoms with Crippen LogP contribution in [-0.4, -0.2) is 80.8 Å². The number of allylic oxidation sites excluding steroid dienone is 1. The van der Waals surface area contributed by atoms with Crippen molar-refractivity contribution in [3.63, 3.8) is 0 Å². The second-order valence-corrected chi connectivity index (χ2v) is 8.25. The summed E-state index contributed by atoms with van der Waals surface area (Å²) >= 11 is 0. The van der Waals surface area contributed by atoms with Crippen molar-refractivity contribution in [2.75, 3.05) is 46.7 Å². The van der Waals surface area contributed by atoms with Crippen LogP contribution < -0.4 is 11.1 Å².